The summed E-state index contributed by atoms with van der Waals surface area (Å²) in [6.45, 7) is 2.02. The first-order chi connectivity index (χ1) is 9.70. The molecule has 1 aromatic carbocycles. The Morgan fingerprint density at radius 3 is 2.85 bits per heavy atom. The summed E-state index contributed by atoms with van der Waals surface area (Å²) in [5.74, 6) is 1.23. The lowest BCUT2D eigenvalue weighted by molar-refractivity contribution is 0.387. The third kappa shape index (κ3) is 2.04. The Hall–Kier alpha value is -2.33. The molecule has 2 aromatic heterocycles. The fraction of sp³-hybridized carbons (Fsp3) is 0.188. The molecule has 0 saturated carbocycles. The van der Waals surface area contributed by atoms with Gasteiger partial charge in [0.05, 0.1) is 13.2 Å². The van der Waals surface area contributed by atoms with Crippen molar-refractivity contribution in [2.45, 2.75) is 13.0 Å². The summed E-state index contributed by atoms with van der Waals surface area (Å²) in [4.78, 5) is 4.17. The maximum atomic E-state index is 6.29. The fourth-order valence-electron chi connectivity index (χ4n) is 2.35. The van der Waals surface area contributed by atoms with Crippen molar-refractivity contribution in [1.29, 1.82) is 0 Å². The number of methoxy groups -OCH3 is 1. The molecule has 0 amide bonds. The maximum absolute atomic E-state index is 6.29. The molecule has 2 heterocycles. The van der Waals surface area contributed by atoms with E-state index in [1.165, 1.54) is 0 Å². The highest BCUT2D eigenvalue weighted by atomic mass is 16.5. The van der Waals surface area contributed by atoms with Crippen LogP contribution in [0.4, 0.5) is 0 Å². The number of pyridine rings is 1. The fourth-order valence-corrected chi connectivity index (χ4v) is 2.35. The van der Waals surface area contributed by atoms with E-state index in [1.807, 2.05) is 43.3 Å². The van der Waals surface area contributed by atoms with Crippen LogP contribution in [0.1, 0.15) is 22.9 Å². The first-order valence-electron chi connectivity index (χ1n) is 6.44. The zero-order valence-electron chi connectivity index (χ0n) is 11.5. The van der Waals surface area contributed by atoms with E-state index >= 15 is 0 Å². The topological polar surface area (TPSA) is 61.3 Å². The van der Waals surface area contributed by atoms with Crippen molar-refractivity contribution in [3.8, 4) is 5.88 Å². The van der Waals surface area contributed by atoms with Gasteiger partial charge in [0.2, 0.25) is 5.88 Å². The van der Waals surface area contributed by atoms with Gasteiger partial charge in [-0.2, -0.15) is 0 Å². The number of para-hydroxylation sites is 1. The van der Waals surface area contributed by atoms with E-state index in [-0.39, 0.29) is 0 Å². The number of nitrogens with zero attached hydrogens (tertiary/aromatic N) is 1. The second-order valence-corrected chi connectivity index (χ2v) is 4.72. The molecule has 0 saturated heterocycles. The Balaban J connectivity index is 2.08. The van der Waals surface area contributed by atoms with Crippen molar-refractivity contribution in [2.75, 3.05) is 7.11 Å². The molecule has 0 aliphatic rings. The van der Waals surface area contributed by atoms with Gasteiger partial charge in [-0.1, -0.05) is 24.3 Å². The van der Waals surface area contributed by atoms with Crippen LogP contribution in [0.15, 0.2) is 47.0 Å². The quantitative estimate of drug-likeness (QED) is 0.792. The molecule has 0 spiro atoms. The van der Waals surface area contributed by atoms with E-state index in [4.69, 9.17) is 14.9 Å². The average Bonchev–Trinajstić information content (AvgIpc) is 2.92. The lowest BCUT2D eigenvalue weighted by Crippen LogP contribution is -2.12. The van der Waals surface area contributed by atoms with Gasteiger partial charge < -0.3 is 14.9 Å². The van der Waals surface area contributed by atoms with Gasteiger partial charge in [0, 0.05) is 17.1 Å². The molecular formula is C16H16N2O2. The average molecular weight is 268 g/mol. The number of aromatic nitrogens is 1. The lowest BCUT2D eigenvalue weighted by atomic mass is 10.1. The van der Waals surface area contributed by atoms with Gasteiger partial charge in [0.25, 0.3) is 0 Å². The number of fused-ring (bicyclic) bond motifs is 1. The van der Waals surface area contributed by atoms with E-state index in [9.17, 15) is 0 Å². The van der Waals surface area contributed by atoms with Crippen LogP contribution in [0.3, 0.4) is 0 Å². The Morgan fingerprint density at radius 2 is 2.10 bits per heavy atom. The normalized spacial score (nSPS) is 12.6. The van der Waals surface area contributed by atoms with Crippen LogP contribution in [0, 0.1) is 6.92 Å². The Bertz CT molecular complexity index is 749. The van der Waals surface area contributed by atoms with Gasteiger partial charge >= 0.3 is 0 Å². The molecule has 102 valence electrons. The number of nitrogens with two attached hydrogens (primary N) is 1. The molecule has 1 unspecified atom stereocenters. The van der Waals surface area contributed by atoms with Crippen molar-refractivity contribution in [3.63, 3.8) is 0 Å². The van der Waals surface area contributed by atoms with Crippen molar-refractivity contribution in [2.24, 2.45) is 5.73 Å². The third-order valence-corrected chi connectivity index (χ3v) is 3.40. The number of rotatable bonds is 3. The summed E-state index contributed by atoms with van der Waals surface area (Å²) in [6, 6.07) is 11.4. The predicted molar refractivity (Wildman–Crippen MR) is 77.8 cm³/mol. The predicted octanol–water partition coefficient (Wildman–Crippen LogP) is 3.19. The summed E-state index contributed by atoms with van der Waals surface area (Å²) in [5, 5.41) is 1.05. The molecule has 0 aliphatic carbocycles. The minimum atomic E-state index is -0.398. The summed E-state index contributed by atoms with van der Waals surface area (Å²) in [5.41, 5.74) is 9.08. The summed E-state index contributed by atoms with van der Waals surface area (Å²) in [7, 11) is 1.58. The second-order valence-electron chi connectivity index (χ2n) is 4.72. The molecule has 0 fully saturated rings. The number of hydrogen-bond acceptors (Lipinski definition) is 4. The van der Waals surface area contributed by atoms with Crippen molar-refractivity contribution in [3.05, 3.63) is 59.5 Å². The highest BCUT2D eigenvalue weighted by Gasteiger charge is 2.19. The first kappa shape index (κ1) is 12.7. The van der Waals surface area contributed by atoms with E-state index in [2.05, 4.69) is 4.98 Å². The number of furan rings is 1. The molecule has 0 radical (unpaired) electrons. The number of aryl methyl sites for hydroxylation is 1. The minimum Gasteiger partial charge on any atom is -0.481 e. The smallest absolute Gasteiger partial charge is 0.218 e. The molecule has 20 heavy (non-hydrogen) atoms. The maximum Gasteiger partial charge on any atom is 0.218 e. The molecule has 0 aliphatic heterocycles. The van der Waals surface area contributed by atoms with Crippen LogP contribution >= 0.6 is 0 Å². The Kier molecular flexibility index (Phi) is 3.16. The van der Waals surface area contributed by atoms with E-state index in [0.717, 1.165) is 22.1 Å². The second kappa shape index (κ2) is 4.98. The largest absolute Gasteiger partial charge is 0.481 e. The molecule has 4 nitrogen and oxygen atoms in total. The SMILES string of the molecule is COc1ncccc1C(N)c1cc2cccc(C)c2o1. The molecule has 3 aromatic rings. The monoisotopic (exact) mass is 268 g/mol. The lowest BCUT2D eigenvalue weighted by Gasteiger charge is -2.12. The van der Waals surface area contributed by atoms with E-state index in [0.29, 0.717) is 11.6 Å². The van der Waals surface area contributed by atoms with Crippen LogP contribution in [-0.2, 0) is 0 Å². The molecule has 4 heteroatoms. The van der Waals surface area contributed by atoms with Gasteiger partial charge in [-0.25, -0.2) is 4.98 Å². The number of hydrogen-bond donors (Lipinski definition) is 1. The van der Waals surface area contributed by atoms with Crippen LogP contribution in [-0.4, -0.2) is 12.1 Å². The molecule has 0 bridgehead atoms. The number of ether oxygens (including phenoxy) is 1. The summed E-state index contributed by atoms with van der Waals surface area (Å²) in [6.07, 6.45) is 1.68. The van der Waals surface area contributed by atoms with Gasteiger partial charge in [-0.15, -0.1) is 0 Å². The zero-order chi connectivity index (χ0) is 14.1. The molecule has 2 N–H and O–H groups in total. The van der Waals surface area contributed by atoms with Crippen molar-refractivity contribution >= 4 is 11.0 Å². The van der Waals surface area contributed by atoms with E-state index < -0.39 is 6.04 Å². The third-order valence-electron chi connectivity index (χ3n) is 3.40. The standard InChI is InChI=1S/C16H16N2O2/c1-10-5-3-6-11-9-13(20-15(10)11)14(17)12-7-4-8-18-16(12)19-2/h3-9,14H,17H2,1-2H3. The number of benzene rings is 1. The zero-order valence-corrected chi connectivity index (χ0v) is 11.5. The van der Waals surface area contributed by atoms with Gasteiger partial charge in [0.15, 0.2) is 0 Å². The van der Waals surface area contributed by atoms with Crippen LogP contribution in [0.5, 0.6) is 5.88 Å². The summed E-state index contributed by atoms with van der Waals surface area (Å²) >= 11 is 0. The van der Waals surface area contributed by atoms with Gasteiger partial charge in [-0.05, 0) is 24.6 Å². The van der Waals surface area contributed by atoms with Gasteiger partial charge in [-0.3, -0.25) is 0 Å². The minimum absolute atomic E-state index is 0.398. The van der Waals surface area contributed by atoms with Crippen molar-refractivity contribution < 1.29 is 9.15 Å². The Morgan fingerprint density at radius 1 is 1.25 bits per heavy atom. The van der Waals surface area contributed by atoms with E-state index in [1.54, 1.807) is 13.3 Å². The molecule has 1 atom stereocenters. The first-order valence-corrected chi connectivity index (χ1v) is 6.44. The van der Waals surface area contributed by atoms with Crippen LogP contribution in [0.25, 0.3) is 11.0 Å². The molecule has 3 rings (SSSR count). The highest BCUT2D eigenvalue weighted by molar-refractivity contribution is 5.81. The van der Waals surface area contributed by atoms with Crippen molar-refractivity contribution in [1.82, 2.24) is 4.98 Å². The Labute approximate surface area is 117 Å². The molecular weight excluding hydrogens is 252 g/mol. The highest BCUT2D eigenvalue weighted by Crippen LogP contribution is 2.31. The summed E-state index contributed by atoms with van der Waals surface area (Å²) < 4.78 is 11.2. The van der Waals surface area contributed by atoms with Gasteiger partial charge in [0.1, 0.15) is 11.3 Å². The van der Waals surface area contributed by atoms with Crippen LogP contribution < -0.4 is 10.5 Å². The van der Waals surface area contributed by atoms with Crippen LogP contribution in [0.2, 0.25) is 0 Å².